The smallest absolute Gasteiger partial charge is 0.344 e. The van der Waals surface area contributed by atoms with Crippen LogP contribution in [0.2, 0.25) is 0 Å². The fourth-order valence-electron chi connectivity index (χ4n) is 2.85. The highest BCUT2D eigenvalue weighted by molar-refractivity contribution is 6.39. The van der Waals surface area contributed by atoms with Crippen LogP contribution in [-0.2, 0) is 14.4 Å². The highest BCUT2D eigenvalue weighted by Crippen LogP contribution is 2.27. The number of amides is 4. The minimum Gasteiger partial charge on any atom is -0.494 e. The quantitative estimate of drug-likeness (QED) is 0.517. The molecule has 1 fully saturated rings. The lowest BCUT2D eigenvalue weighted by Crippen LogP contribution is -2.54. The average Bonchev–Trinajstić information content (AvgIpc) is 2.73. The van der Waals surface area contributed by atoms with Crippen molar-refractivity contribution in [2.45, 2.75) is 20.0 Å². The van der Waals surface area contributed by atoms with Crippen LogP contribution in [0.1, 0.15) is 19.4 Å². The highest BCUT2D eigenvalue weighted by Gasteiger charge is 2.37. The number of aliphatic carboxylic acids is 1. The summed E-state index contributed by atoms with van der Waals surface area (Å²) in [6.45, 7) is 3.65. The Balaban J connectivity index is 1.95. The molecule has 0 radical (unpaired) electrons. The van der Waals surface area contributed by atoms with E-state index < -0.39 is 29.9 Å². The lowest BCUT2D eigenvalue weighted by Gasteiger charge is -2.26. The van der Waals surface area contributed by atoms with Crippen molar-refractivity contribution in [3.63, 3.8) is 0 Å². The Morgan fingerprint density at radius 3 is 2.45 bits per heavy atom. The minimum atomic E-state index is -1.17. The van der Waals surface area contributed by atoms with Gasteiger partial charge in [-0.1, -0.05) is 18.2 Å². The van der Waals surface area contributed by atoms with Crippen LogP contribution in [0.5, 0.6) is 11.5 Å². The number of anilines is 1. The van der Waals surface area contributed by atoms with E-state index in [0.717, 1.165) is 4.90 Å². The third kappa shape index (κ3) is 4.72. The van der Waals surface area contributed by atoms with E-state index in [2.05, 4.69) is 5.32 Å². The van der Waals surface area contributed by atoms with Crippen LogP contribution in [0.4, 0.5) is 10.5 Å². The molecule has 4 amide bonds. The second kappa shape index (κ2) is 9.12. The van der Waals surface area contributed by atoms with Crippen LogP contribution in [0.3, 0.4) is 0 Å². The van der Waals surface area contributed by atoms with Crippen molar-refractivity contribution >= 4 is 35.6 Å². The van der Waals surface area contributed by atoms with Gasteiger partial charge in [-0.05, 0) is 50.3 Å². The molecule has 9 heteroatoms. The molecule has 31 heavy (non-hydrogen) atoms. The lowest BCUT2D eigenvalue weighted by atomic mass is 10.1. The molecule has 1 unspecified atom stereocenters. The third-order valence-electron chi connectivity index (χ3n) is 4.38. The van der Waals surface area contributed by atoms with Gasteiger partial charge in [0.2, 0.25) is 0 Å². The number of carboxylic acids is 1. The minimum absolute atomic E-state index is 0.176. The van der Waals surface area contributed by atoms with Gasteiger partial charge in [-0.25, -0.2) is 14.5 Å². The highest BCUT2D eigenvalue weighted by atomic mass is 16.5. The summed E-state index contributed by atoms with van der Waals surface area (Å²) < 4.78 is 10.8. The van der Waals surface area contributed by atoms with Crippen LogP contribution in [0, 0.1) is 0 Å². The number of hydrogen-bond donors (Lipinski definition) is 2. The fourth-order valence-corrected chi connectivity index (χ4v) is 2.85. The summed E-state index contributed by atoms with van der Waals surface area (Å²) in [5.41, 5.74) is 0.274. The summed E-state index contributed by atoms with van der Waals surface area (Å²) in [5, 5.41) is 11.2. The van der Waals surface area contributed by atoms with Crippen LogP contribution < -0.4 is 19.7 Å². The van der Waals surface area contributed by atoms with E-state index in [1.807, 2.05) is 6.92 Å². The number of carbonyl (C=O) groups is 4. The first-order valence-electron chi connectivity index (χ1n) is 9.44. The number of para-hydroxylation sites is 1. The molecule has 160 valence electrons. The van der Waals surface area contributed by atoms with Crippen molar-refractivity contribution < 1.29 is 33.8 Å². The van der Waals surface area contributed by atoms with E-state index >= 15 is 0 Å². The van der Waals surface area contributed by atoms with Crippen LogP contribution in [0.15, 0.2) is 54.1 Å². The van der Waals surface area contributed by atoms with E-state index in [-0.39, 0.29) is 17.0 Å². The van der Waals surface area contributed by atoms with Crippen LogP contribution >= 0.6 is 0 Å². The summed E-state index contributed by atoms with van der Waals surface area (Å²) in [5.74, 6) is -2.10. The predicted molar refractivity (Wildman–Crippen MR) is 111 cm³/mol. The van der Waals surface area contributed by atoms with E-state index in [9.17, 15) is 19.2 Å². The number of rotatable bonds is 7. The molecule has 0 saturated carbocycles. The Bertz CT molecular complexity index is 1060. The number of benzene rings is 2. The van der Waals surface area contributed by atoms with Crippen LogP contribution in [-0.4, -0.2) is 41.6 Å². The number of carbonyl (C=O) groups excluding carboxylic acids is 3. The van der Waals surface area contributed by atoms with Gasteiger partial charge in [0.25, 0.3) is 11.8 Å². The molecular formula is C22H20N2O7. The normalized spacial score (nSPS) is 16.1. The van der Waals surface area contributed by atoms with Crippen molar-refractivity contribution in [3.05, 3.63) is 59.7 Å². The van der Waals surface area contributed by atoms with Crippen LogP contribution in [0.25, 0.3) is 6.08 Å². The first kappa shape index (κ1) is 21.6. The number of ether oxygens (including phenoxy) is 2. The van der Waals surface area contributed by atoms with Gasteiger partial charge in [0, 0.05) is 5.56 Å². The summed E-state index contributed by atoms with van der Waals surface area (Å²) in [7, 11) is 0. The molecule has 2 aromatic carbocycles. The molecular weight excluding hydrogens is 404 g/mol. The second-order valence-electron chi connectivity index (χ2n) is 6.52. The largest absolute Gasteiger partial charge is 0.494 e. The third-order valence-corrected chi connectivity index (χ3v) is 4.38. The van der Waals surface area contributed by atoms with E-state index in [1.54, 1.807) is 30.3 Å². The standard InChI is InChI=1S/C22H20N2O7/c1-3-30-16-10-8-15(9-11-16)24-20(26)17(19(25)23-22(24)29)12-14-6-4-5-7-18(14)31-13(2)21(27)28/h4-13H,3H2,1-2H3,(H,27,28)(H,23,25,29)/b17-12+. The monoisotopic (exact) mass is 424 g/mol. The average molecular weight is 424 g/mol. The molecule has 1 aliphatic heterocycles. The predicted octanol–water partition coefficient (Wildman–Crippen LogP) is 2.60. The molecule has 1 heterocycles. The Morgan fingerprint density at radius 2 is 1.81 bits per heavy atom. The summed E-state index contributed by atoms with van der Waals surface area (Å²) >= 11 is 0. The van der Waals surface area contributed by atoms with Crippen molar-refractivity contribution in [2.24, 2.45) is 0 Å². The molecule has 0 aliphatic carbocycles. The van der Waals surface area contributed by atoms with E-state index in [1.165, 1.54) is 31.2 Å². The van der Waals surface area contributed by atoms with E-state index in [4.69, 9.17) is 14.6 Å². The first-order valence-corrected chi connectivity index (χ1v) is 9.44. The first-order chi connectivity index (χ1) is 14.8. The molecule has 0 bridgehead atoms. The maximum absolute atomic E-state index is 13.0. The summed E-state index contributed by atoms with van der Waals surface area (Å²) in [6.07, 6.45) is 0.118. The van der Waals surface area contributed by atoms with Gasteiger partial charge in [-0.3, -0.25) is 14.9 Å². The Labute approximate surface area is 177 Å². The molecule has 3 rings (SSSR count). The maximum atomic E-state index is 13.0. The van der Waals surface area contributed by atoms with Gasteiger partial charge < -0.3 is 14.6 Å². The number of nitrogens with zero attached hydrogens (tertiary/aromatic N) is 1. The zero-order valence-corrected chi connectivity index (χ0v) is 16.8. The Morgan fingerprint density at radius 1 is 1.13 bits per heavy atom. The lowest BCUT2D eigenvalue weighted by molar-refractivity contribution is -0.144. The molecule has 2 N–H and O–H groups in total. The van der Waals surface area contributed by atoms with Crippen molar-refractivity contribution in [1.29, 1.82) is 0 Å². The molecule has 9 nitrogen and oxygen atoms in total. The fraction of sp³-hybridized carbons (Fsp3) is 0.182. The van der Waals surface area contributed by atoms with Gasteiger partial charge >= 0.3 is 12.0 Å². The molecule has 2 aromatic rings. The maximum Gasteiger partial charge on any atom is 0.344 e. The number of hydrogen-bond acceptors (Lipinski definition) is 6. The number of barbiturate groups is 1. The topological polar surface area (TPSA) is 122 Å². The summed E-state index contributed by atoms with van der Waals surface area (Å²) in [6, 6.07) is 11.8. The number of nitrogens with one attached hydrogen (secondary N) is 1. The number of imide groups is 2. The van der Waals surface area contributed by atoms with Crippen molar-refractivity contribution in [2.75, 3.05) is 11.5 Å². The SMILES string of the molecule is CCOc1ccc(N2C(=O)NC(=O)/C(=C\c3ccccc3OC(C)C(=O)O)C2=O)cc1. The Kier molecular flexibility index (Phi) is 6.35. The van der Waals surface area contributed by atoms with Crippen molar-refractivity contribution in [1.82, 2.24) is 5.32 Å². The van der Waals surface area contributed by atoms with Gasteiger partial charge in [0.1, 0.15) is 17.1 Å². The van der Waals surface area contributed by atoms with E-state index in [0.29, 0.717) is 17.9 Å². The molecule has 0 aromatic heterocycles. The molecule has 1 saturated heterocycles. The molecule has 1 aliphatic rings. The number of urea groups is 1. The second-order valence-corrected chi connectivity index (χ2v) is 6.52. The van der Waals surface area contributed by atoms with Gasteiger partial charge in [-0.2, -0.15) is 0 Å². The zero-order valence-electron chi connectivity index (χ0n) is 16.8. The molecule has 1 atom stereocenters. The van der Waals surface area contributed by atoms with Gasteiger partial charge in [0.15, 0.2) is 6.10 Å². The van der Waals surface area contributed by atoms with Crippen molar-refractivity contribution in [3.8, 4) is 11.5 Å². The zero-order chi connectivity index (χ0) is 22.5. The summed E-state index contributed by atoms with van der Waals surface area (Å²) in [4.78, 5) is 49.7. The Hall–Kier alpha value is -4.14. The number of carboxylic acid groups (broad SMARTS) is 1. The van der Waals surface area contributed by atoms with Gasteiger partial charge in [0.05, 0.1) is 12.3 Å². The van der Waals surface area contributed by atoms with Gasteiger partial charge in [-0.15, -0.1) is 0 Å². The molecule has 0 spiro atoms.